The Kier molecular flexibility index (Phi) is 10.9. The average Bonchev–Trinajstić information content (AvgIpc) is 3.04. The molecule has 2 aromatic rings. The molecular formula is C19H26BrIN4OS. The van der Waals surface area contributed by atoms with Gasteiger partial charge >= 0.3 is 0 Å². The van der Waals surface area contributed by atoms with E-state index in [9.17, 15) is 4.79 Å². The highest BCUT2D eigenvalue weighted by molar-refractivity contribution is 14.0. The molecule has 5 nitrogen and oxygen atoms in total. The number of carbonyl (C=O) groups is 1. The molecule has 0 aliphatic carbocycles. The molecule has 1 aromatic carbocycles. The number of hydrogen-bond donors (Lipinski definition) is 2. The van der Waals surface area contributed by atoms with Gasteiger partial charge in [-0.2, -0.15) is 0 Å². The lowest BCUT2D eigenvalue weighted by Gasteiger charge is -2.12. The number of amides is 1. The molecular weight excluding hydrogens is 539 g/mol. The fourth-order valence-corrected chi connectivity index (χ4v) is 3.80. The van der Waals surface area contributed by atoms with Gasteiger partial charge in [0.1, 0.15) is 0 Å². The first-order valence-corrected chi connectivity index (χ1v) is 10.2. The van der Waals surface area contributed by atoms with Gasteiger partial charge in [-0.3, -0.25) is 4.79 Å². The Morgan fingerprint density at radius 1 is 1.15 bits per heavy atom. The third kappa shape index (κ3) is 8.18. The summed E-state index contributed by atoms with van der Waals surface area (Å²) in [6.45, 7) is 4.26. The first-order valence-electron chi connectivity index (χ1n) is 8.56. The molecule has 8 heteroatoms. The largest absolute Gasteiger partial charge is 0.357 e. The number of halogens is 2. The van der Waals surface area contributed by atoms with Crippen LogP contribution in [-0.2, 0) is 13.0 Å². The predicted octanol–water partition coefficient (Wildman–Crippen LogP) is 4.13. The van der Waals surface area contributed by atoms with Crippen molar-refractivity contribution >= 4 is 63.1 Å². The van der Waals surface area contributed by atoms with Gasteiger partial charge in [0.2, 0.25) is 0 Å². The lowest BCUT2D eigenvalue weighted by atomic mass is 10.1. The van der Waals surface area contributed by atoms with Crippen molar-refractivity contribution < 1.29 is 4.79 Å². The topological polar surface area (TPSA) is 56.7 Å². The highest BCUT2D eigenvalue weighted by Gasteiger charge is 2.07. The minimum Gasteiger partial charge on any atom is -0.357 e. The third-order valence-corrected chi connectivity index (χ3v) is 5.35. The number of aliphatic imine (C=N–C) groups is 1. The summed E-state index contributed by atoms with van der Waals surface area (Å²) in [6.07, 6.45) is 0.960. The number of thiophene rings is 1. The minimum absolute atomic E-state index is 0. The van der Waals surface area contributed by atoms with Crippen LogP contribution < -0.4 is 10.6 Å². The zero-order chi connectivity index (χ0) is 18.9. The quantitative estimate of drug-likeness (QED) is 0.302. The Morgan fingerprint density at radius 3 is 2.41 bits per heavy atom. The second kappa shape index (κ2) is 12.4. The molecule has 0 saturated carbocycles. The van der Waals surface area contributed by atoms with Gasteiger partial charge in [-0.05, 0) is 59.1 Å². The molecule has 1 aromatic heterocycles. The molecule has 1 heterocycles. The van der Waals surface area contributed by atoms with E-state index < -0.39 is 0 Å². The van der Waals surface area contributed by atoms with Crippen LogP contribution in [0.3, 0.4) is 0 Å². The fourth-order valence-electron chi connectivity index (χ4n) is 2.31. The minimum atomic E-state index is 0. The second-order valence-electron chi connectivity index (χ2n) is 5.97. The lowest BCUT2D eigenvalue weighted by molar-refractivity contribution is 0.0827. The Labute approximate surface area is 190 Å². The van der Waals surface area contributed by atoms with E-state index in [0.717, 1.165) is 34.8 Å². The molecule has 0 saturated heterocycles. The summed E-state index contributed by atoms with van der Waals surface area (Å²) in [4.78, 5) is 19.5. The fraction of sp³-hybridized carbons (Fsp3) is 0.368. The highest BCUT2D eigenvalue weighted by atomic mass is 127. The molecule has 2 N–H and O–H groups in total. The standard InChI is InChI=1S/C19H25BrN4OS.HI/c1-4-21-19(22-12-11-16-9-10-17(20)26-16)23-13-14-5-7-15(8-6-14)18(25)24(2)3;/h5-10H,4,11-13H2,1-3H3,(H2,21,22,23);1H. The van der Waals surface area contributed by atoms with Crippen LogP contribution in [0, 0.1) is 0 Å². The van der Waals surface area contributed by atoms with Crippen molar-refractivity contribution in [1.82, 2.24) is 15.5 Å². The first-order chi connectivity index (χ1) is 12.5. The molecule has 0 fully saturated rings. The Hall–Kier alpha value is -1.13. The van der Waals surface area contributed by atoms with Gasteiger partial charge in [0.05, 0.1) is 10.3 Å². The average molecular weight is 565 g/mol. The van der Waals surface area contributed by atoms with Crippen LogP contribution in [0.4, 0.5) is 0 Å². The zero-order valence-electron chi connectivity index (χ0n) is 15.8. The molecule has 0 spiro atoms. The van der Waals surface area contributed by atoms with Gasteiger partial charge < -0.3 is 15.5 Å². The SMILES string of the molecule is CCNC(=NCc1ccc(C(=O)N(C)C)cc1)NCCc1ccc(Br)s1.I. The van der Waals surface area contributed by atoms with Crippen LogP contribution in [0.2, 0.25) is 0 Å². The predicted molar refractivity (Wildman–Crippen MR) is 128 cm³/mol. The van der Waals surface area contributed by atoms with Gasteiger partial charge in [0.25, 0.3) is 5.91 Å². The van der Waals surface area contributed by atoms with Crippen LogP contribution in [0.5, 0.6) is 0 Å². The van der Waals surface area contributed by atoms with E-state index in [0.29, 0.717) is 12.1 Å². The summed E-state index contributed by atoms with van der Waals surface area (Å²) in [5.74, 6) is 0.812. The Morgan fingerprint density at radius 2 is 1.85 bits per heavy atom. The molecule has 0 aliphatic heterocycles. The third-order valence-electron chi connectivity index (χ3n) is 3.66. The van der Waals surface area contributed by atoms with Gasteiger partial charge in [-0.25, -0.2) is 4.99 Å². The van der Waals surface area contributed by atoms with Crippen LogP contribution in [0.1, 0.15) is 27.7 Å². The number of guanidine groups is 1. The highest BCUT2D eigenvalue weighted by Crippen LogP contribution is 2.22. The van der Waals surface area contributed by atoms with E-state index in [1.807, 2.05) is 24.3 Å². The summed E-state index contributed by atoms with van der Waals surface area (Å²) in [6, 6.07) is 11.8. The van der Waals surface area contributed by atoms with Crippen LogP contribution in [0.25, 0.3) is 0 Å². The maximum Gasteiger partial charge on any atom is 0.253 e. The van der Waals surface area contributed by atoms with Gasteiger partial charge in [0.15, 0.2) is 5.96 Å². The van der Waals surface area contributed by atoms with Gasteiger partial charge in [-0.15, -0.1) is 35.3 Å². The van der Waals surface area contributed by atoms with Crippen molar-refractivity contribution in [1.29, 1.82) is 0 Å². The zero-order valence-corrected chi connectivity index (χ0v) is 20.5. The number of carbonyl (C=O) groups excluding carboxylic acids is 1. The van der Waals surface area contributed by atoms with Crippen LogP contribution in [-0.4, -0.2) is 44.0 Å². The molecule has 148 valence electrons. The molecule has 0 aliphatic rings. The van der Waals surface area contributed by atoms with Crippen molar-refractivity contribution in [2.24, 2.45) is 4.99 Å². The van der Waals surface area contributed by atoms with Crippen LogP contribution in [0.15, 0.2) is 45.2 Å². The summed E-state index contributed by atoms with van der Waals surface area (Å²) in [5, 5.41) is 6.62. The van der Waals surface area contributed by atoms with Gasteiger partial charge in [0, 0.05) is 37.6 Å². The molecule has 2 rings (SSSR count). The monoisotopic (exact) mass is 564 g/mol. The molecule has 1 amide bonds. The summed E-state index contributed by atoms with van der Waals surface area (Å²) in [7, 11) is 3.51. The van der Waals surface area contributed by atoms with E-state index in [2.05, 4.69) is 50.6 Å². The Balaban J connectivity index is 0.00000364. The Bertz CT molecular complexity index is 746. The van der Waals surface area contributed by atoms with E-state index in [4.69, 9.17) is 0 Å². The molecule has 0 unspecified atom stereocenters. The van der Waals surface area contributed by atoms with Crippen molar-refractivity contribution in [2.75, 3.05) is 27.2 Å². The normalized spacial score (nSPS) is 10.9. The summed E-state index contributed by atoms with van der Waals surface area (Å²) in [5.41, 5.74) is 1.76. The maximum atomic E-state index is 11.9. The number of nitrogens with one attached hydrogen (secondary N) is 2. The van der Waals surface area contributed by atoms with Gasteiger partial charge in [-0.1, -0.05) is 12.1 Å². The molecule has 0 bridgehead atoms. The molecule has 27 heavy (non-hydrogen) atoms. The maximum absolute atomic E-state index is 11.9. The number of rotatable bonds is 7. The van der Waals surface area contributed by atoms with E-state index in [-0.39, 0.29) is 29.9 Å². The van der Waals surface area contributed by atoms with Crippen molar-refractivity contribution in [3.8, 4) is 0 Å². The van der Waals surface area contributed by atoms with E-state index in [1.54, 1.807) is 30.3 Å². The lowest BCUT2D eigenvalue weighted by Crippen LogP contribution is -2.38. The van der Waals surface area contributed by atoms with E-state index in [1.165, 1.54) is 4.88 Å². The number of benzene rings is 1. The molecule has 0 atom stereocenters. The number of hydrogen-bond acceptors (Lipinski definition) is 3. The molecule has 0 radical (unpaired) electrons. The van der Waals surface area contributed by atoms with E-state index >= 15 is 0 Å². The van der Waals surface area contributed by atoms with Crippen LogP contribution >= 0.6 is 51.2 Å². The van der Waals surface area contributed by atoms with Crippen molar-refractivity contribution in [2.45, 2.75) is 19.9 Å². The summed E-state index contributed by atoms with van der Waals surface area (Å²) < 4.78 is 1.16. The smallest absolute Gasteiger partial charge is 0.253 e. The van der Waals surface area contributed by atoms with Crippen molar-refractivity contribution in [3.05, 3.63) is 56.2 Å². The number of nitrogens with zero attached hydrogens (tertiary/aromatic N) is 2. The second-order valence-corrected chi connectivity index (χ2v) is 8.52. The van der Waals surface area contributed by atoms with Crippen molar-refractivity contribution in [3.63, 3.8) is 0 Å². The first kappa shape index (κ1) is 23.9. The summed E-state index contributed by atoms with van der Waals surface area (Å²) >= 11 is 5.24.